The lowest BCUT2D eigenvalue weighted by atomic mass is 9.96. The van der Waals surface area contributed by atoms with E-state index < -0.39 is 0 Å². The zero-order valence-electron chi connectivity index (χ0n) is 18.7. The summed E-state index contributed by atoms with van der Waals surface area (Å²) in [6.45, 7) is 6.94. The molecule has 0 amide bonds. The van der Waals surface area contributed by atoms with Gasteiger partial charge in [-0.15, -0.1) is 0 Å². The number of nitrogens with zero attached hydrogens (tertiary/aromatic N) is 3. The Balaban J connectivity index is 1.53. The molecule has 5 nitrogen and oxygen atoms in total. The number of thiocarbonyl (C=S) groups is 1. The molecule has 2 saturated heterocycles. The van der Waals surface area contributed by atoms with Crippen LogP contribution in [0.3, 0.4) is 0 Å². The van der Waals surface area contributed by atoms with E-state index in [2.05, 4.69) is 76.1 Å². The molecule has 1 aromatic carbocycles. The van der Waals surface area contributed by atoms with E-state index in [1.165, 1.54) is 22.5 Å². The Morgan fingerprint density at radius 2 is 1.94 bits per heavy atom. The number of rotatable bonds is 6. The maximum Gasteiger partial charge on any atom is 0.170 e. The number of nitrogens with one attached hydrogen (secondary N) is 1. The number of pyridine rings is 1. The zero-order valence-corrected chi connectivity index (χ0v) is 19.5. The highest BCUT2D eigenvalue weighted by molar-refractivity contribution is 7.80. The average molecular weight is 447 g/mol. The number of benzene rings is 1. The van der Waals surface area contributed by atoms with Crippen molar-refractivity contribution >= 4 is 17.3 Å². The lowest BCUT2D eigenvalue weighted by Gasteiger charge is -2.30. The fourth-order valence-corrected chi connectivity index (χ4v) is 5.40. The van der Waals surface area contributed by atoms with Crippen molar-refractivity contribution in [2.45, 2.75) is 51.4 Å². The predicted octanol–water partition coefficient (Wildman–Crippen LogP) is 4.70. The molecule has 0 bridgehead atoms. The Kier molecular flexibility index (Phi) is 5.98. The second kappa shape index (κ2) is 9.04. The molecule has 3 atom stereocenters. The number of aromatic nitrogens is 2. The Bertz CT molecular complexity index is 1080. The molecule has 0 aliphatic carbocycles. The molecule has 4 heterocycles. The SMILES string of the molecule is Cc1cc([C@@H]2[C@H](c3ccccn3)NC(=S)N2C[C@H]2CCCO2)c(C)n1Cc1ccccc1. The van der Waals surface area contributed by atoms with Gasteiger partial charge in [0.15, 0.2) is 5.11 Å². The van der Waals surface area contributed by atoms with Crippen LogP contribution in [0.1, 0.15) is 53.1 Å². The van der Waals surface area contributed by atoms with E-state index in [9.17, 15) is 0 Å². The van der Waals surface area contributed by atoms with Crippen molar-refractivity contribution in [3.05, 3.63) is 89.0 Å². The second-order valence-electron chi connectivity index (χ2n) is 8.81. The number of hydrogen-bond acceptors (Lipinski definition) is 3. The van der Waals surface area contributed by atoms with E-state index in [1.807, 2.05) is 18.3 Å². The van der Waals surface area contributed by atoms with Gasteiger partial charge in [0.2, 0.25) is 0 Å². The highest BCUT2D eigenvalue weighted by atomic mass is 32.1. The van der Waals surface area contributed by atoms with Gasteiger partial charge in [0.05, 0.1) is 23.9 Å². The molecule has 166 valence electrons. The van der Waals surface area contributed by atoms with Crippen molar-refractivity contribution in [2.24, 2.45) is 0 Å². The lowest BCUT2D eigenvalue weighted by molar-refractivity contribution is 0.0842. The molecule has 3 aromatic rings. The van der Waals surface area contributed by atoms with Crippen LogP contribution in [-0.2, 0) is 11.3 Å². The van der Waals surface area contributed by atoms with E-state index >= 15 is 0 Å². The molecular formula is C26H30N4OS. The third-order valence-corrected chi connectivity index (χ3v) is 7.09. The standard InChI is InChI=1S/C26H30N4OS/c1-18-15-22(19(2)29(18)16-20-9-4-3-5-10-20)25-24(23-12-6-7-13-27-23)28-26(32)30(25)17-21-11-8-14-31-21/h3-7,9-10,12-13,15,21,24-25H,8,11,14,16-17H2,1-2H3,(H,28,32)/t21-,24+,25-/m1/s1. The van der Waals surface area contributed by atoms with Crippen LogP contribution in [0.5, 0.6) is 0 Å². The van der Waals surface area contributed by atoms with Crippen LogP contribution in [0.2, 0.25) is 0 Å². The summed E-state index contributed by atoms with van der Waals surface area (Å²) in [7, 11) is 0. The Labute approximate surface area is 195 Å². The Morgan fingerprint density at radius 1 is 1.12 bits per heavy atom. The van der Waals surface area contributed by atoms with Crippen molar-refractivity contribution in [1.82, 2.24) is 19.8 Å². The molecule has 2 aliphatic heterocycles. The summed E-state index contributed by atoms with van der Waals surface area (Å²) in [6.07, 6.45) is 4.30. The summed E-state index contributed by atoms with van der Waals surface area (Å²) < 4.78 is 8.39. The molecule has 2 aromatic heterocycles. The van der Waals surface area contributed by atoms with Crippen molar-refractivity contribution in [2.75, 3.05) is 13.2 Å². The van der Waals surface area contributed by atoms with Crippen molar-refractivity contribution in [1.29, 1.82) is 0 Å². The summed E-state index contributed by atoms with van der Waals surface area (Å²) in [6, 6.07) is 19.2. The smallest absolute Gasteiger partial charge is 0.170 e. The first-order chi connectivity index (χ1) is 15.6. The predicted molar refractivity (Wildman–Crippen MR) is 131 cm³/mol. The molecule has 6 heteroatoms. The van der Waals surface area contributed by atoms with E-state index in [-0.39, 0.29) is 18.2 Å². The molecule has 1 N–H and O–H groups in total. The molecule has 0 saturated carbocycles. The van der Waals surface area contributed by atoms with E-state index in [1.54, 1.807) is 0 Å². The van der Waals surface area contributed by atoms with Crippen LogP contribution in [0.4, 0.5) is 0 Å². The maximum absolute atomic E-state index is 5.98. The van der Waals surface area contributed by atoms with Gasteiger partial charge in [-0.1, -0.05) is 36.4 Å². The van der Waals surface area contributed by atoms with Crippen molar-refractivity contribution < 1.29 is 4.74 Å². The average Bonchev–Trinajstić information content (AvgIpc) is 3.51. The largest absolute Gasteiger partial charge is 0.376 e. The highest BCUT2D eigenvalue weighted by Crippen LogP contribution is 2.41. The summed E-state index contributed by atoms with van der Waals surface area (Å²) >= 11 is 5.84. The zero-order chi connectivity index (χ0) is 22.1. The van der Waals surface area contributed by atoms with Crippen LogP contribution in [0.25, 0.3) is 0 Å². The second-order valence-corrected chi connectivity index (χ2v) is 9.20. The van der Waals surface area contributed by atoms with Crippen molar-refractivity contribution in [3.8, 4) is 0 Å². The van der Waals surface area contributed by atoms with Gasteiger partial charge in [-0.25, -0.2) is 0 Å². The van der Waals surface area contributed by atoms with Gasteiger partial charge < -0.3 is 19.5 Å². The first-order valence-corrected chi connectivity index (χ1v) is 11.8. The van der Waals surface area contributed by atoms with Gasteiger partial charge in [0, 0.05) is 37.3 Å². The molecule has 0 radical (unpaired) electrons. The summed E-state index contributed by atoms with van der Waals surface area (Å²) in [4.78, 5) is 7.01. The fraction of sp³-hybridized carbons (Fsp3) is 0.385. The van der Waals surface area contributed by atoms with Crippen LogP contribution >= 0.6 is 12.2 Å². The highest BCUT2D eigenvalue weighted by Gasteiger charge is 2.42. The maximum atomic E-state index is 5.98. The molecule has 0 spiro atoms. The molecule has 5 rings (SSSR count). The van der Waals surface area contributed by atoms with E-state index in [0.717, 1.165) is 43.3 Å². The molecule has 32 heavy (non-hydrogen) atoms. The molecular weight excluding hydrogens is 416 g/mol. The van der Waals surface area contributed by atoms with Gasteiger partial charge in [-0.3, -0.25) is 4.98 Å². The van der Waals surface area contributed by atoms with Gasteiger partial charge >= 0.3 is 0 Å². The van der Waals surface area contributed by atoms with Gasteiger partial charge in [0.25, 0.3) is 0 Å². The summed E-state index contributed by atoms with van der Waals surface area (Å²) in [5.41, 5.74) is 6.16. The third-order valence-electron chi connectivity index (χ3n) is 6.74. The number of hydrogen-bond donors (Lipinski definition) is 1. The Hall–Kier alpha value is -2.70. The normalized spacial score (nSPS) is 23.0. The monoisotopic (exact) mass is 446 g/mol. The topological polar surface area (TPSA) is 42.3 Å². The fourth-order valence-electron chi connectivity index (χ4n) is 5.08. The summed E-state index contributed by atoms with van der Waals surface area (Å²) in [5.74, 6) is 0. The van der Waals surface area contributed by atoms with E-state index in [0.29, 0.717) is 0 Å². The Morgan fingerprint density at radius 3 is 2.66 bits per heavy atom. The van der Waals surface area contributed by atoms with Crippen molar-refractivity contribution in [3.63, 3.8) is 0 Å². The van der Waals surface area contributed by atoms with Crippen LogP contribution in [0.15, 0.2) is 60.8 Å². The van der Waals surface area contributed by atoms with Gasteiger partial charge in [-0.05, 0) is 68.2 Å². The van der Waals surface area contributed by atoms with Crippen LogP contribution in [0, 0.1) is 13.8 Å². The minimum atomic E-state index is 0.00998. The van der Waals surface area contributed by atoms with Crippen LogP contribution < -0.4 is 5.32 Å². The summed E-state index contributed by atoms with van der Waals surface area (Å²) in [5, 5.41) is 4.36. The van der Waals surface area contributed by atoms with Gasteiger partial charge in [-0.2, -0.15) is 0 Å². The lowest BCUT2D eigenvalue weighted by Crippen LogP contribution is -2.36. The van der Waals surface area contributed by atoms with E-state index in [4.69, 9.17) is 17.0 Å². The molecule has 2 aliphatic rings. The molecule has 2 fully saturated rings. The number of aryl methyl sites for hydroxylation is 1. The minimum absolute atomic E-state index is 0.00998. The third kappa shape index (κ3) is 4.05. The quantitative estimate of drug-likeness (QED) is 0.556. The first kappa shape index (κ1) is 21.2. The first-order valence-electron chi connectivity index (χ1n) is 11.4. The minimum Gasteiger partial charge on any atom is -0.376 e. The molecule has 0 unspecified atom stereocenters. The number of ether oxygens (including phenoxy) is 1. The van der Waals surface area contributed by atoms with Crippen LogP contribution in [-0.4, -0.2) is 38.8 Å². The van der Waals surface area contributed by atoms with Gasteiger partial charge in [0.1, 0.15) is 0 Å².